The number of rotatable bonds is 4. The molecule has 1 amide bonds. The third kappa shape index (κ3) is 4.19. The highest BCUT2D eigenvalue weighted by Gasteiger charge is 2.25. The number of anilines is 2. The van der Waals surface area contributed by atoms with Crippen molar-refractivity contribution in [2.75, 3.05) is 43.9 Å². The lowest BCUT2D eigenvalue weighted by atomic mass is 10.0. The summed E-state index contributed by atoms with van der Waals surface area (Å²) in [7, 11) is 1.51. The van der Waals surface area contributed by atoms with Crippen LogP contribution in [0.5, 0.6) is 5.88 Å². The van der Waals surface area contributed by atoms with E-state index in [2.05, 4.69) is 14.9 Å². The molecule has 0 radical (unpaired) electrons. The number of pyridine rings is 1. The molecule has 168 valence electrons. The average molecular weight is 464 g/mol. The highest BCUT2D eigenvalue weighted by molar-refractivity contribution is 7.22. The smallest absolute Gasteiger partial charge is 0.259 e. The maximum Gasteiger partial charge on any atom is 0.259 e. The van der Waals surface area contributed by atoms with Crippen LogP contribution in [0.2, 0.25) is 0 Å². The number of hydrogen-bond donors (Lipinski definition) is 1. The number of benzene rings is 2. The number of aromatic nitrogens is 2. The molecule has 2 aromatic heterocycles. The van der Waals surface area contributed by atoms with Gasteiger partial charge in [0.25, 0.3) is 5.91 Å². The Morgan fingerprint density at radius 2 is 1.82 bits per heavy atom. The number of carbonyl (C=O) groups is 1. The van der Waals surface area contributed by atoms with Gasteiger partial charge in [-0.3, -0.25) is 4.79 Å². The number of piperazine rings is 1. The molecule has 5 rings (SSSR count). The molecule has 1 fully saturated rings. The van der Waals surface area contributed by atoms with Gasteiger partial charge < -0.3 is 20.3 Å². The summed E-state index contributed by atoms with van der Waals surface area (Å²) >= 11 is 1.42. The number of fused-ring (bicyclic) bond motifs is 1. The van der Waals surface area contributed by atoms with E-state index in [-0.39, 0.29) is 11.7 Å². The first-order valence-corrected chi connectivity index (χ1v) is 11.3. The predicted molar refractivity (Wildman–Crippen MR) is 128 cm³/mol. The second-order valence-electron chi connectivity index (χ2n) is 7.77. The molecule has 0 unspecified atom stereocenters. The van der Waals surface area contributed by atoms with Crippen LogP contribution < -0.4 is 15.4 Å². The summed E-state index contributed by atoms with van der Waals surface area (Å²) in [5, 5.41) is 0.519. The Kier molecular flexibility index (Phi) is 5.55. The van der Waals surface area contributed by atoms with Crippen molar-refractivity contribution in [1.82, 2.24) is 14.9 Å². The number of nitrogens with zero attached hydrogens (tertiary/aromatic N) is 4. The topological polar surface area (TPSA) is 84.6 Å². The first-order valence-electron chi connectivity index (χ1n) is 10.5. The third-order valence-corrected chi connectivity index (χ3v) is 6.62. The largest absolute Gasteiger partial charge is 0.480 e. The van der Waals surface area contributed by atoms with Crippen molar-refractivity contribution in [2.45, 2.75) is 0 Å². The molecule has 0 spiro atoms. The standard InChI is InChI=1S/C24H22FN5O2S/c1-32-22-19(12-16(14-27-22)15-2-7-20-21(13-15)33-24(26)28-20)23(31)30-10-8-29(9-11-30)18-5-3-17(25)4-6-18/h2-7,12-14H,8-11H2,1H3,(H2,26,28). The molecule has 1 saturated heterocycles. The molecule has 1 aliphatic rings. The number of carbonyl (C=O) groups excluding carboxylic acids is 1. The molecule has 3 heterocycles. The molecule has 0 bridgehead atoms. The summed E-state index contributed by atoms with van der Waals surface area (Å²) in [6.45, 7) is 2.43. The number of methoxy groups -OCH3 is 1. The first kappa shape index (κ1) is 21.1. The Labute approximate surface area is 194 Å². The summed E-state index contributed by atoms with van der Waals surface area (Å²) in [6.07, 6.45) is 1.70. The summed E-state index contributed by atoms with van der Waals surface area (Å²) in [6, 6.07) is 14.1. The molecule has 0 saturated carbocycles. The maximum absolute atomic E-state index is 13.4. The van der Waals surface area contributed by atoms with E-state index in [0.29, 0.717) is 42.8 Å². The van der Waals surface area contributed by atoms with Crippen LogP contribution in [0.25, 0.3) is 21.3 Å². The minimum absolute atomic E-state index is 0.122. The van der Waals surface area contributed by atoms with E-state index in [0.717, 1.165) is 27.0 Å². The fourth-order valence-electron chi connectivity index (χ4n) is 4.04. The van der Waals surface area contributed by atoms with Crippen molar-refractivity contribution in [1.29, 1.82) is 0 Å². The van der Waals surface area contributed by atoms with Crippen molar-refractivity contribution in [3.8, 4) is 17.0 Å². The third-order valence-electron chi connectivity index (χ3n) is 5.77. The van der Waals surface area contributed by atoms with Crippen LogP contribution in [-0.4, -0.2) is 54.1 Å². The summed E-state index contributed by atoms with van der Waals surface area (Å²) in [5.41, 5.74) is 9.79. The highest BCUT2D eigenvalue weighted by Crippen LogP contribution is 2.31. The second kappa shape index (κ2) is 8.67. The number of hydrogen-bond acceptors (Lipinski definition) is 7. The van der Waals surface area contributed by atoms with E-state index in [1.807, 2.05) is 24.3 Å². The minimum atomic E-state index is -0.259. The molecule has 7 nitrogen and oxygen atoms in total. The van der Waals surface area contributed by atoms with E-state index in [1.54, 1.807) is 23.2 Å². The van der Waals surface area contributed by atoms with Crippen LogP contribution in [0.15, 0.2) is 54.7 Å². The Morgan fingerprint density at radius 1 is 1.06 bits per heavy atom. The molecule has 4 aromatic rings. The quantitative estimate of drug-likeness (QED) is 0.492. The van der Waals surface area contributed by atoms with Crippen molar-refractivity contribution in [2.24, 2.45) is 0 Å². The molecule has 1 aliphatic heterocycles. The fourth-order valence-corrected chi connectivity index (χ4v) is 4.81. The molecule has 33 heavy (non-hydrogen) atoms. The Bertz CT molecular complexity index is 1320. The average Bonchev–Trinajstić information content (AvgIpc) is 3.23. The van der Waals surface area contributed by atoms with E-state index in [4.69, 9.17) is 10.5 Å². The van der Waals surface area contributed by atoms with Gasteiger partial charge in [-0.15, -0.1) is 0 Å². The number of halogens is 1. The fraction of sp³-hybridized carbons (Fsp3) is 0.208. The number of nitrogens with two attached hydrogens (primary N) is 1. The van der Waals surface area contributed by atoms with Crippen LogP contribution in [0.1, 0.15) is 10.4 Å². The highest BCUT2D eigenvalue weighted by atomic mass is 32.1. The molecule has 0 aliphatic carbocycles. The van der Waals surface area contributed by atoms with Gasteiger partial charge in [0.15, 0.2) is 5.13 Å². The van der Waals surface area contributed by atoms with Gasteiger partial charge in [0.1, 0.15) is 11.4 Å². The Morgan fingerprint density at radius 3 is 2.55 bits per heavy atom. The number of nitrogen functional groups attached to an aromatic ring is 1. The lowest BCUT2D eigenvalue weighted by molar-refractivity contribution is 0.0742. The van der Waals surface area contributed by atoms with Gasteiger partial charge in [0, 0.05) is 43.6 Å². The number of amides is 1. The van der Waals surface area contributed by atoms with Crippen molar-refractivity contribution in [3.63, 3.8) is 0 Å². The SMILES string of the molecule is COc1ncc(-c2ccc3nc(N)sc3c2)cc1C(=O)N1CCN(c2ccc(F)cc2)CC1. The number of ether oxygens (including phenoxy) is 1. The summed E-state index contributed by atoms with van der Waals surface area (Å²) in [4.78, 5) is 26.0. The van der Waals surface area contributed by atoms with Crippen LogP contribution in [0.3, 0.4) is 0 Å². The molecule has 9 heteroatoms. The zero-order valence-electron chi connectivity index (χ0n) is 18.0. The summed E-state index contributed by atoms with van der Waals surface area (Å²) < 4.78 is 19.6. The molecule has 2 N–H and O–H groups in total. The van der Waals surface area contributed by atoms with Gasteiger partial charge in [0.2, 0.25) is 5.88 Å². The lowest BCUT2D eigenvalue weighted by Crippen LogP contribution is -2.48. The molecule has 2 aromatic carbocycles. The molecule has 0 atom stereocenters. The Balaban J connectivity index is 1.37. The van der Waals surface area contributed by atoms with Gasteiger partial charge in [-0.1, -0.05) is 17.4 Å². The Hall–Kier alpha value is -3.72. The van der Waals surface area contributed by atoms with Crippen LogP contribution in [0, 0.1) is 5.82 Å². The zero-order valence-corrected chi connectivity index (χ0v) is 18.8. The van der Waals surface area contributed by atoms with E-state index >= 15 is 0 Å². The van der Waals surface area contributed by atoms with Gasteiger partial charge in [-0.2, -0.15) is 0 Å². The normalized spacial score (nSPS) is 14.0. The van der Waals surface area contributed by atoms with Gasteiger partial charge in [0.05, 0.1) is 17.3 Å². The lowest BCUT2D eigenvalue weighted by Gasteiger charge is -2.36. The monoisotopic (exact) mass is 463 g/mol. The predicted octanol–water partition coefficient (Wildman–Crippen LogP) is 4.05. The van der Waals surface area contributed by atoms with Gasteiger partial charge >= 0.3 is 0 Å². The van der Waals surface area contributed by atoms with E-state index < -0.39 is 0 Å². The van der Waals surface area contributed by atoms with Crippen LogP contribution in [0.4, 0.5) is 15.2 Å². The minimum Gasteiger partial charge on any atom is -0.480 e. The first-order chi connectivity index (χ1) is 16.0. The molecular weight excluding hydrogens is 441 g/mol. The van der Waals surface area contributed by atoms with Crippen molar-refractivity contribution < 1.29 is 13.9 Å². The van der Waals surface area contributed by atoms with Gasteiger partial charge in [-0.05, 0) is 48.0 Å². The maximum atomic E-state index is 13.4. The van der Waals surface area contributed by atoms with Gasteiger partial charge in [-0.25, -0.2) is 14.4 Å². The van der Waals surface area contributed by atoms with E-state index in [9.17, 15) is 9.18 Å². The van der Waals surface area contributed by atoms with Crippen molar-refractivity contribution >= 4 is 38.3 Å². The van der Waals surface area contributed by atoms with Crippen LogP contribution in [-0.2, 0) is 0 Å². The van der Waals surface area contributed by atoms with Crippen molar-refractivity contribution in [3.05, 3.63) is 66.1 Å². The number of thiazole rings is 1. The van der Waals surface area contributed by atoms with Crippen LogP contribution >= 0.6 is 11.3 Å². The second-order valence-corrected chi connectivity index (χ2v) is 8.83. The van der Waals surface area contributed by atoms with E-state index in [1.165, 1.54) is 30.6 Å². The zero-order chi connectivity index (χ0) is 22.9. The summed E-state index contributed by atoms with van der Waals surface area (Å²) in [5.74, 6) is -0.0825. The molecular formula is C24H22FN5O2S.